The van der Waals surface area contributed by atoms with Gasteiger partial charge < -0.3 is 9.64 Å². The molecule has 1 heterocycles. The van der Waals surface area contributed by atoms with Gasteiger partial charge in [0.1, 0.15) is 5.75 Å². The number of ether oxygens (including phenoxy) is 1. The van der Waals surface area contributed by atoms with Crippen LogP contribution in [-0.2, 0) is 4.79 Å². The quantitative estimate of drug-likeness (QED) is 0.686. The summed E-state index contributed by atoms with van der Waals surface area (Å²) in [6, 6.07) is 22.4. The number of rotatable bonds is 3. The monoisotopic (exact) mass is 329 g/mol. The second-order valence-electron chi connectivity index (χ2n) is 6.15. The molecule has 3 nitrogen and oxygen atoms in total. The van der Waals surface area contributed by atoms with Crippen molar-refractivity contribution in [2.24, 2.45) is 0 Å². The largest absolute Gasteiger partial charge is 0.495 e. The standard InChI is InChI=1S/C22H19NO2/c1-25-22-12-5-4-11-20(22)23-14-13-17(24)15-21(23)19-10-6-8-16-7-2-3-9-18(16)19/h2-14,21H,15H2,1H3/t21-/m0/s1. The van der Waals surface area contributed by atoms with Gasteiger partial charge in [-0.05, 0) is 34.5 Å². The fourth-order valence-electron chi connectivity index (χ4n) is 3.52. The Morgan fingerprint density at radius 3 is 2.60 bits per heavy atom. The first-order valence-electron chi connectivity index (χ1n) is 8.38. The van der Waals surface area contributed by atoms with Gasteiger partial charge in [0, 0.05) is 12.6 Å². The minimum atomic E-state index is -0.0556. The van der Waals surface area contributed by atoms with Gasteiger partial charge in [0.25, 0.3) is 0 Å². The van der Waals surface area contributed by atoms with E-state index in [9.17, 15) is 4.79 Å². The predicted octanol–water partition coefficient (Wildman–Crippen LogP) is 4.88. The molecule has 0 bridgehead atoms. The van der Waals surface area contributed by atoms with E-state index < -0.39 is 0 Å². The second-order valence-corrected chi connectivity index (χ2v) is 6.15. The molecular weight excluding hydrogens is 310 g/mol. The molecule has 0 spiro atoms. The fraction of sp³-hybridized carbons (Fsp3) is 0.136. The summed E-state index contributed by atoms with van der Waals surface area (Å²) in [5.41, 5.74) is 2.12. The number of methoxy groups -OCH3 is 1. The highest BCUT2D eigenvalue weighted by molar-refractivity contribution is 5.94. The van der Waals surface area contributed by atoms with Gasteiger partial charge >= 0.3 is 0 Å². The van der Waals surface area contributed by atoms with Crippen LogP contribution in [0.5, 0.6) is 5.75 Å². The minimum absolute atomic E-state index is 0.0556. The third-order valence-corrected chi connectivity index (χ3v) is 4.70. The van der Waals surface area contributed by atoms with E-state index in [-0.39, 0.29) is 11.8 Å². The first-order chi connectivity index (χ1) is 12.3. The molecule has 0 aliphatic carbocycles. The Kier molecular flexibility index (Phi) is 3.98. The van der Waals surface area contributed by atoms with E-state index in [0.717, 1.165) is 17.0 Å². The zero-order valence-electron chi connectivity index (χ0n) is 14.1. The molecule has 0 fully saturated rings. The first kappa shape index (κ1) is 15.5. The van der Waals surface area contributed by atoms with Gasteiger partial charge in [-0.15, -0.1) is 0 Å². The minimum Gasteiger partial charge on any atom is -0.495 e. The lowest BCUT2D eigenvalue weighted by Gasteiger charge is -2.34. The zero-order chi connectivity index (χ0) is 17.2. The van der Waals surface area contributed by atoms with Gasteiger partial charge in [0.2, 0.25) is 0 Å². The molecule has 3 heteroatoms. The normalized spacial score (nSPS) is 17.1. The molecule has 124 valence electrons. The van der Waals surface area contributed by atoms with E-state index in [2.05, 4.69) is 35.2 Å². The van der Waals surface area contributed by atoms with E-state index in [1.807, 2.05) is 42.6 Å². The van der Waals surface area contributed by atoms with Crippen molar-refractivity contribution in [2.75, 3.05) is 12.0 Å². The van der Waals surface area contributed by atoms with Gasteiger partial charge in [0.05, 0.1) is 18.8 Å². The summed E-state index contributed by atoms with van der Waals surface area (Å²) >= 11 is 0. The molecule has 25 heavy (non-hydrogen) atoms. The fourth-order valence-corrected chi connectivity index (χ4v) is 3.52. The predicted molar refractivity (Wildman–Crippen MR) is 101 cm³/mol. The Morgan fingerprint density at radius 1 is 0.960 bits per heavy atom. The average molecular weight is 329 g/mol. The molecule has 0 amide bonds. The molecule has 0 unspecified atom stereocenters. The molecule has 1 aliphatic rings. The molecule has 3 aromatic carbocycles. The first-order valence-corrected chi connectivity index (χ1v) is 8.38. The molecule has 4 rings (SSSR count). The number of allylic oxidation sites excluding steroid dienone is 1. The highest BCUT2D eigenvalue weighted by Crippen LogP contribution is 2.40. The van der Waals surface area contributed by atoms with E-state index in [1.165, 1.54) is 10.8 Å². The SMILES string of the molecule is COc1ccccc1N1C=CC(=O)C[C@H]1c1cccc2ccccc12. The van der Waals surface area contributed by atoms with Crippen LogP contribution in [-0.4, -0.2) is 12.9 Å². The van der Waals surface area contributed by atoms with Gasteiger partial charge in [0.15, 0.2) is 5.78 Å². The molecular formula is C22H19NO2. The summed E-state index contributed by atoms with van der Waals surface area (Å²) in [4.78, 5) is 14.3. The van der Waals surface area contributed by atoms with Crippen molar-refractivity contribution in [3.05, 3.63) is 84.6 Å². The molecule has 3 aromatic rings. The topological polar surface area (TPSA) is 29.5 Å². The van der Waals surface area contributed by atoms with Crippen molar-refractivity contribution in [3.8, 4) is 5.75 Å². The maximum Gasteiger partial charge on any atom is 0.159 e. The van der Waals surface area contributed by atoms with Gasteiger partial charge in [-0.1, -0.05) is 54.6 Å². The van der Waals surface area contributed by atoms with E-state index >= 15 is 0 Å². The van der Waals surface area contributed by atoms with E-state index in [0.29, 0.717) is 6.42 Å². The van der Waals surface area contributed by atoms with Crippen LogP contribution in [0.3, 0.4) is 0 Å². The highest BCUT2D eigenvalue weighted by Gasteiger charge is 2.28. The number of para-hydroxylation sites is 2. The van der Waals surface area contributed by atoms with Crippen molar-refractivity contribution in [3.63, 3.8) is 0 Å². The Hall–Kier alpha value is -3.07. The Balaban J connectivity index is 1.88. The lowest BCUT2D eigenvalue weighted by atomic mass is 9.92. The third kappa shape index (κ3) is 2.78. The maximum absolute atomic E-state index is 12.2. The number of carbonyl (C=O) groups is 1. The second kappa shape index (κ2) is 6.44. The summed E-state index contributed by atoms with van der Waals surface area (Å²) in [5.74, 6) is 0.941. The number of benzene rings is 3. The van der Waals surface area contributed by atoms with Crippen molar-refractivity contribution < 1.29 is 9.53 Å². The van der Waals surface area contributed by atoms with Gasteiger partial charge in [-0.2, -0.15) is 0 Å². The van der Waals surface area contributed by atoms with Crippen LogP contribution in [0.15, 0.2) is 79.0 Å². The molecule has 0 aromatic heterocycles. The van der Waals surface area contributed by atoms with E-state index in [4.69, 9.17) is 4.74 Å². The lowest BCUT2D eigenvalue weighted by molar-refractivity contribution is -0.115. The van der Waals surface area contributed by atoms with Crippen molar-refractivity contribution in [2.45, 2.75) is 12.5 Å². The van der Waals surface area contributed by atoms with Crippen LogP contribution < -0.4 is 9.64 Å². The Bertz CT molecular complexity index is 956. The molecule has 0 saturated carbocycles. The Labute approximate surface area is 147 Å². The zero-order valence-corrected chi connectivity index (χ0v) is 14.1. The lowest BCUT2D eigenvalue weighted by Crippen LogP contribution is -2.29. The molecule has 0 saturated heterocycles. The van der Waals surface area contributed by atoms with Gasteiger partial charge in [-0.3, -0.25) is 4.79 Å². The molecule has 1 atom stereocenters. The average Bonchev–Trinajstić information content (AvgIpc) is 2.67. The number of nitrogens with zero attached hydrogens (tertiary/aromatic N) is 1. The van der Waals surface area contributed by atoms with Crippen LogP contribution in [0.4, 0.5) is 5.69 Å². The highest BCUT2D eigenvalue weighted by atomic mass is 16.5. The number of hydrogen-bond acceptors (Lipinski definition) is 3. The van der Waals surface area contributed by atoms with Crippen molar-refractivity contribution in [1.29, 1.82) is 0 Å². The van der Waals surface area contributed by atoms with Crippen molar-refractivity contribution >= 4 is 22.2 Å². The third-order valence-electron chi connectivity index (χ3n) is 4.70. The number of ketones is 1. The Morgan fingerprint density at radius 2 is 1.72 bits per heavy atom. The number of fused-ring (bicyclic) bond motifs is 1. The van der Waals surface area contributed by atoms with Gasteiger partial charge in [-0.25, -0.2) is 0 Å². The summed E-state index contributed by atoms with van der Waals surface area (Å²) in [7, 11) is 1.67. The van der Waals surface area contributed by atoms with Crippen LogP contribution in [0.1, 0.15) is 18.0 Å². The molecule has 0 N–H and O–H groups in total. The summed E-state index contributed by atoms with van der Waals surface area (Å²) in [5, 5.41) is 2.36. The molecule has 0 radical (unpaired) electrons. The molecule has 1 aliphatic heterocycles. The summed E-state index contributed by atoms with van der Waals surface area (Å²) < 4.78 is 5.54. The number of carbonyl (C=O) groups excluding carboxylic acids is 1. The van der Waals surface area contributed by atoms with Crippen LogP contribution >= 0.6 is 0 Å². The number of anilines is 1. The maximum atomic E-state index is 12.2. The van der Waals surface area contributed by atoms with Crippen LogP contribution in [0, 0.1) is 0 Å². The number of hydrogen-bond donors (Lipinski definition) is 0. The van der Waals surface area contributed by atoms with Crippen LogP contribution in [0.25, 0.3) is 10.8 Å². The van der Waals surface area contributed by atoms with Crippen LogP contribution in [0.2, 0.25) is 0 Å². The smallest absolute Gasteiger partial charge is 0.159 e. The van der Waals surface area contributed by atoms with Crippen molar-refractivity contribution in [1.82, 2.24) is 0 Å². The summed E-state index contributed by atoms with van der Waals surface area (Å²) in [6.07, 6.45) is 3.97. The summed E-state index contributed by atoms with van der Waals surface area (Å²) in [6.45, 7) is 0. The van der Waals surface area contributed by atoms with E-state index in [1.54, 1.807) is 13.2 Å².